The monoisotopic (exact) mass is 251 g/mol. The third kappa shape index (κ3) is 2.28. The Kier molecular flexibility index (Phi) is 3.12. The molecule has 0 spiro atoms. The van der Waals surface area contributed by atoms with Gasteiger partial charge in [-0.3, -0.25) is 0 Å². The molecule has 3 rings (SSSR count). The summed E-state index contributed by atoms with van der Waals surface area (Å²) in [6.45, 7) is -0.0546. The summed E-state index contributed by atoms with van der Waals surface area (Å²) in [6.07, 6.45) is 1.72. The Balaban J connectivity index is 2.06. The largest absolute Gasteiger partial charge is 0.438 e. The van der Waals surface area contributed by atoms with Gasteiger partial charge in [0.05, 0.1) is 6.61 Å². The zero-order chi connectivity index (χ0) is 13.1. The second-order valence-corrected chi connectivity index (χ2v) is 4.21. The Morgan fingerprint density at radius 3 is 2.63 bits per heavy atom. The van der Waals surface area contributed by atoms with E-state index in [9.17, 15) is 5.11 Å². The highest BCUT2D eigenvalue weighted by atomic mass is 16.5. The standard InChI is InChI=1S/C16H13NO2/c18-11-13-6-2-4-8-15(13)19-16-14-7-3-1-5-12(14)9-10-17-16/h1-10,18H,11H2. The van der Waals surface area contributed by atoms with Crippen molar-refractivity contribution in [2.24, 2.45) is 0 Å². The maximum atomic E-state index is 9.31. The smallest absolute Gasteiger partial charge is 0.227 e. The molecule has 0 bridgehead atoms. The number of fused-ring (bicyclic) bond motifs is 1. The average molecular weight is 251 g/mol. The second kappa shape index (κ2) is 5.08. The van der Waals surface area contributed by atoms with Crippen molar-refractivity contribution in [1.82, 2.24) is 4.98 Å². The van der Waals surface area contributed by atoms with Gasteiger partial charge in [-0.2, -0.15) is 0 Å². The van der Waals surface area contributed by atoms with E-state index in [1.807, 2.05) is 54.6 Å². The lowest BCUT2D eigenvalue weighted by Gasteiger charge is -2.10. The number of rotatable bonds is 3. The van der Waals surface area contributed by atoms with E-state index >= 15 is 0 Å². The van der Waals surface area contributed by atoms with Crippen molar-refractivity contribution in [2.75, 3.05) is 0 Å². The van der Waals surface area contributed by atoms with Gasteiger partial charge in [0.15, 0.2) is 0 Å². The Morgan fingerprint density at radius 2 is 1.74 bits per heavy atom. The van der Waals surface area contributed by atoms with Crippen molar-refractivity contribution in [3.8, 4) is 11.6 Å². The highest BCUT2D eigenvalue weighted by Crippen LogP contribution is 2.29. The van der Waals surface area contributed by atoms with Gasteiger partial charge in [0.2, 0.25) is 5.88 Å². The maximum Gasteiger partial charge on any atom is 0.227 e. The molecule has 0 amide bonds. The van der Waals surface area contributed by atoms with E-state index in [4.69, 9.17) is 4.74 Å². The predicted molar refractivity (Wildman–Crippen MR) is 74.2 cm³/mol. The third-order valence-corrected chi connectivity index (χ3v) is 2.99. The van der Waals surface area contributed by atoms with E-state index in [-0.39, 0.29) is 6.61 Å². The molecule has 0 saturated carbocycles. The lowest BCUT2D eigenvalue weighted by molar-refractivity contribution is 0.276. The highest BCUT2D eigenvalue weighted by molar-refractivity contribution is 5.86. The molecule has 1 heterocycles. The fourth-order valence-electron chi connectivity index (χ4n) is 2.01. The minimum atomic E-state index is -0.0546. The lowest BCUT2D eigenvalue weighted by Crippen LogP contribution is -1.93. The molecule has 94 valence electrons. The van der Waals surface area contributed by atoms with Crippen LogP contribution in [-0.2, 0) is 6.61 Å². The summed E-state index contributed by atoms with van der Waals surface area (Å²) in [7, 11) is 0. The van der Waals surface area contributed by atoms with Crippen LogP contribution in [0.1, 0.15) is 5.56 Å². The molecule has 0 unspecified atom stereocenters. The molecule has 19 heavy (non-hydrogen) atoms. The molecule has 0 fully saturated rings. The lowest BCUT2D eigenvalue weighted by atomic mass is 10.2. The van der Waals surface area contributed by atoms with Gasteiger partial charge in [-0.25, -0.2) is 4.98 Å². The van der Waals surface area contributed by atoms with Crippen LogP contribution in [0.3, 0.4) is 0 Å². The molecule has 0 aliphatic rings. The van der Waals surface area contributed by atoms with E-state index in [0.717, 1.165) is 16.3 Å². The van der Waals surface area contributed by atoms with Crippen LogP contribution in [-0.4, -0.2) is 10.1 Å². The third-order valence-electron chi connectivity index (χ3n) is 2.99. The summed E-state index contributed by atoms with van der Waals surface area (Å²) in [5.41, 5.74) is 0.747. The molecular formula is C16H13NO2. The number of ether oxygens (including phenoxy) is 1. The number of benzene rings is 2. The number of nitrogens with zero attached hydrogens (tertiary/aromatic N) is 1. The first kappa shape index (κ1) is 11.7. The molecule has 0 atom stereocenters. The van der Waals surface area contributed by atoms with Crippen LogP contribution < -0.4 is 4.74 Å². The van der Waals surface area contributed by atoms with Gasteiger partial charge in [-0.05, 0) is 23.6 Å². The number of aliphatic hydroxyl groups excluding tert-OH is 1. The summed E-state index contributed by atoms with van der Waals surface area (Å²) in [4.78, 5) is 4.27. The SMILES string of the molecule is OCc1ccccc1Oc1nccc2ccccc12. The van der Waals surface area contributed by atoms with Crippen LogP contribution in [0, 0.1) is 0 Å². The predicted octanol–water partition coefficient (Wildman–Crippen LogP) is 3.52. The van der Waals surface area contributed by atoms with E-state index in [1.165, 1.54) is 0 Å². The first-order valence-corrected chi connectivity index (χ1v) is 6.09. The first-order valence-electron chi connectivity index (χ1n) is 6.09. The maximum absolute atomic E-state index is 9.31. The van der Waals surface area contributed by atoms with Crippen molar-refractivity contribution in [1.29, 1.82) is 0 Å². The quantitative estimate of drug-likeness (QED) is 0.774. The number of aromatic nitrogens is 1. The molecule has 2 aromatic carbocycles. The van der Waals surface area contributed by atoms with Crippen molar-refractivity contribution < 1.29 is 9.84 Å². The van der Waals surface area contributed by atoms with Crippen LogP contribution >= 0.6 is 0 Å². The normalized spacial score (nSPS) is 10.6. The summed E-state index contributed by atoms with van der Waals surface area (Å²) < 4.78 is 5.84. The Morgan fingerprint density at radius 1 is 0.947 bits per heavy atom. The van der Waals surface area contributed by atoms with E-state index in [0.29, 0.717) is 11.6 Å². The van der Waals surface area contributed by atoms with Crippen molar-refractivity contribution in [3.63, 3.8) is 0 Å². The molecule has 3 nitrogen and oxygen atoms in total. The van der Waals surface area contributed by atoms with Gasteiger partial charge in [0.25, 0.3) is 0 Å². The zero-order valence-corrected chi connectivity index (χ0v) is 10.3. The minimum Gasteiger partial charge on any atom is -0.438 e. The molecule has 1 aromatic heterocycles. The van der Waals surface area contributed by atoms with Crippen LogP contribution in [0.5, 0.6) is 11.6 Å². The van der Waals surface area contributed by atoms with Gasteiger partial charge >= 0.3 is 0 Å². The highest BCUT2D eigenvalue weighted by Gasteiger charge is 2.07. The molecule has 0 aliphatic heterocycles. The number of para-hydroxylation sites is 1. The Bertz CT molecular complexity index is 704. The van der Waals surface area contributed by atoms with Crippen molar-refractivity contribution in [3.05, 3.63) is 66.4 Å². The molecule has 3 heteroatoms. The second-order valence-electron chi connectivity index (χ2n) is 4.21. The van der Waals surface area contributed by atoms with Crippen molar-refractivity contribution >= 4 is 10.8 Å². The molecule has 1 N–H and O–H groups in total. The summed E-state index contributed by atoms with van der Waals surface area (Å²) in [6, 6.07) is 17.3. The number of aliphatic hydroxyl groups is 1. The number of hydrogen-bond donors (Lipinski definition) is 1. The molecule has 3 aromatic rings. The number of hydrogen-bond acceptors (Lipinski definition) is 3. The van der Waals surface area contributed by atoms with Gasteiger partial charge < -0.3 is 9.84 Å². The fourth-order valence-corrected chi connectivity index (χ4v) is 2.01. The van der Waals surface area contributed by atoms with E-state index < -0.39 is 0 Å². The van der Waals surface area contributed by atoms with Gasteiger partial charge in [-0.1, -0.05) is 36.4 Å². The molecule has 0 saturated heterocycles. The topological polar surface area (TPSA) is 42.4 Å². The van der Waals surface area contributed by atoms with Gasteiger partial charge in [0.1, 0.15) is 5.75 Å². The zero-order valence-electron chi connectivity index (χ0n) is 10.3. The Hall–Kier alpha value is -2.39. The molecule has 0 aliphatic carbocycles. The Labute approximate surface area is 111 Å². The molecule has 0 radical (unpaired) electrons. The van der Waals surface area contributed by atoms with Crippen LogP contribution in [0.15, 0.2) is 60.8 Å². The van der Waals surface area contributed by atoms with Crippen LogP contribution in [0.25, 0.3) is 10.8 Å². The van der Waals surface area contributed by atoms with Crippen LogP contribution in [0.2, 0.25) is 0 Å². The van der Waals surface area contributed by atoms with Crippen molar-refractivity contribution in [2.45, 2.75) is 6.61 Å². The van der Waals surface area contributed by atoms with Gasteiger partial charge in [-0.15, -0.1) is 0 Å². The van der Waals surface area contributed by atoms with Gasteiger partial charge in [0, 0.05) is 17.1 Å². The fraction of sp³-hybridized carbons (Fsp3) is 0.0625. The molecular weight excluding hydrogens is 238 g/mol. The average Bonchev–Trinajstić information content (AvgIpc) is 2.48. The summed E-state index contributed by atoms with van der Waals surface area (Å²) in [5, 5.41) is 11.3. The number of pyridine rings is 1. The first-order chi connectivity index (χ1) is 9.38. The summed E-state index contributed by atoms with van der Waals surface area (Å²) >= 11 is 0. The summed E-state index contributed by atoms with van der Waals surface area (Å²) in [5.74, 6) is 1.19. The minimum absolute atomic E-state index is 0.0546. The van der Waals surface area contributed by atoms with Crippen LogP contribution in [0.4, 0.5) is 0 Å². The van der Waals surface area contributed by atoms with E-state index in [1.54, 1.807) is 6.20 Å². The van der Waals surface area contributed by atoms with E-state index in [2.05, 4.69) is 4.98 Å².